The molecule has 0 fully saturated rings. The van der Waals surface area contributed by atoms with Crippen molar-refractivity contribution in [2.45, 2.75) is 13.5 Å². The Morgan fingerprint density at radius 1 is 0.970 bits per heavy atom. The van der Waals surface area contributed by atoms with Crippen LogP contribution in [0.5, 0.6) is 17.2 Å². The Morgan fingerprint density at radius 2 is 1.67 bits per heavy atom. The third-order valence-corrected chi connectivity index (χ3v) is 4.75. The molecule has 3 aromatic carbocycles. The van der Waals surface area contributed by atoms with Crippen LogP contribution in [0.25, 0.3) is 11.0 Å². The number of carbonyl (C=O) groups is 1. The quantitative estimate of drug-likeness (QED) is 0.339. The van der Waals surface area contributed by atoms with Gasteiger partial charge in [0.2, 0.25) is 11.2 Å². The number of halogens is 2. The molecule has 4 rings (SSSR count). The fourth-order valence-electron chi connectivity index (χ4n) is 3.08. The molecule has 168 valence electrons. The molecule has 6 nitrogen and oxygen atoms in total. The zero-order chi connectivity index (χ0) is 23.4. The van der Waals surface area contributed by atoms with E-state index in [2.05, 4.69) is 0 Å². The van der Waals surface area contributed by atoms with Crippen molar-refractivity contribution in [1.29, 1.82) is 0 Å². The van der Waals surface area contributed by atoms with Gasteiger partial charge in [0.1, 0.15) is 41.6 Å². The fraction of sp³-hybridized carbons (Fsp3) is 0.120. The number of carbonyl (C=O) groups excluding carboxylic acids is 1. The number of hydrogen-bond donors (Lipinski definition) is 0. The summed E-state index contributed by atoms with van der Waals surface area (Å²) in [6.07, 6.45) is 1.16. The average molecular weight is 452 g/mol. The highest BCUT2D eigenvalue weighted by molar-refractivity contribution is 5.89. The van der Waals surface area contributed by atoms with E-state index in [0.717, 1.165) is 18.4 Å². The molecule has 0 atom stereocenters. The summed E-state index contributed by atoms with van der Waals surface area (Å²) in [6.45, 7) is 1.66. The molecule has 0 unspecified atom stereocenters. The lowest BCUT2D eigenvalue weighted by atomic mass is 10.2. The van der Waals surface area contributed by atoms with Gasteiger partial charge >= 0.3 is 5.97 Å². The van der Waals surface area contributed by atoms with Crippen LogP contribution in [0, 0.1) is 11.6 Å². The van der Waals surface area contributed by atoms with Gasteiger partial charge < -0.3 is 18.6 Å². The van der Waals surface area contributed by atoms with Crippen molar-refractivity contribution >= 4 is 16.9 Å². The molecule has 0 saturated heterocycles. The Bertz CT molecular complexity index is 1340. The lowest BCUT2D eigenvalue weighted by molar-refractivity contribution is 0.0526. The highest BCUT2D eigenvalue weighted by Crippen LogP contribution is 2.25. The van der Waals surface area contributed by atoms with Crippen molar-refractivity contribution < 1.29 is 32.2 Å². The topological polar surface area (TPSA) is 75.0 Å². The Hall–Kier alpha value is -4.20. The molecular weight excluding hydrogens is 434 g/mol. The third kappa shape index (κ3) is 4.85. The van der Waals surface area contributed by atoms with Gasteiger partial charge in [-0.05, 0) is 55.5 Å². The minimum absolute atomic E-state index is 0.0477. The summed E-state index contributed by atoms with van der Waals surface area (Å²) in [5.41, 5.74) is -0.0387. The molecule has 1 aromatic heterocycles. The summed E-state index contributed by atoms with van der Waals surface area (Å²) in [6, 6.07) is 14.1. The van der Waals surface area contributed by atoms with E-state index in [1.54, 1.807) is 6.92 Å². The summed E-state index contributed by atoms with van der Waals surface area (Å²) in [4.78, 5) is 24.5. The molecule has 0 amide bonds. The summed E-state index contributed by atoms with van der Waals surface area (Å²) in [5.74, 6) is -1.31. The monoisotopic (exact) mass is 452 g/mol. The summed E-state index contributed by atoms with van der Waals surface area (Å²) in [5, 5.41) is 0.236. The highest BCUT2D eigenvalue weighted by atomic mass is 19.1. The number of fused-ring (bicyclic) bond motifs is 1. The number of ether oxygens (including phenoxy) is 3. The molecule has 0 aliphatic carbocycles. The molecular formula is C25H18F2O6. The first-order valence-corrected chi connectivity index (χ1v) is 10.0. The van der Waals surface area contributed by atoms with Crippen molar-refractivity contribution in [3.8, 4) is 17.2 Å². The molecule has 1 heterocycles. The Kier molecular flexibility index (Phi) is 6.35. The molecule has 0 spiro atoms. The molecule has 4 aromatic rings. The first kappa shape index (κ1) is 22.0. The van der Waals surface area contributed by atoms with E-state index in [4.69, 9.17) is 18.6 Å². The molecule has 0 radical (unpaired) electrons. The zero-order valence-corrected chi connectivity index (χ0v) is 17.5. The average Bonchev–Trinajstić information content (AvgIpc) is 2.81. The fourth-order valence-corrected chi connectivity index (χ4v) is 3.08. The van der Waals surface area contributed by atoms with Crippen molar-refractivity contribution in [3.63, 3.8) is 0 Å². The second-order valence-corrected chi connectivity index (χ2v) is 6.92. The second kappa shape index (κ2) is 9.52. The molecule has 8 heteroatoms. The number of esters is 1. The van der Waals surface area contributed by atoms with Crippen LogP contribution >= 0.6 is 0 Å². The van der Waals surface area contributed by atoms with E-state index in [-0.39, 0.29) is 41.2 Å². The van der Waals surface area contributed by atoms with Gasteiger partial charge in [0.25, 0.3) is 0 Å². The summed E-state index contributed by atoms with van der Waals surface area (Å²) < 4.78 is 49.0. The van der Waals surface area contributed by atoms with E-state index in [9.17, 15) is 18.4 Å². The van der Waals surface area contributed by atoms with Crippen LogP contribution in [0.3, 0.4) is 0 Å². The maximum absolute atomic E-state index is 13.8. The Morgan fingerprint density at radius 3 is 2.36 bits per heavy atom. The second-order valence-electron chi connectivity index (χ2n) is 6.92. The Labute approximate surface area is 186 Å². The third-order valence-electron chi connectivity index (χ3n) is 4.75. The van der Waals surface area contributed by atoms with Crippen LogP contribution in [-0.4, -0.2) is 12.6 Å². The largest absolute Gasteiger partial charge is 0.489 e. The van der Waals surface area contributed by atoms with Crippen LogP contribution in [0.15, 0.2) is 76.1 Å². The van der Waals surface area contributed by atoms with Crippen molar-refractivity contribution in [3.05, 3.63) is 99.9 Å². The molecule has 0 N–H and O–H groups in total. The maximum Gasteiger partial charge on any atom is 0.338 e. The van der Waals surface area contributed by atoms with Crippen molar-refractivity contribution in [2.24, 2.45) is 0 Å². The minimum atomic E-state index is -0.709. The molecule has 0 aliphatic rings. The van der Waals surface area contributed by atoms with Crippen LogP contribution in [-0.2, 0) is 11.3 Å². The number of hydrogen-bond acceptors (Lipinski definition) is 6. The number of benzene rings is 3. The van der Waals surface area contributed by atoms with Gasteiger partial charge in [0.05, 0.1) is 23.1 Å². The number of rotatable bonds is 7. The smallest absolute Gasteiger partial charge is 0.338 e. The normalized spacial score (nSPS) is 10.8. The predicted molar refractivity (Wildman–Crippen MR) is 116 cm³/mol. The lowest BCUT2D eigenvalue weighted by Gasteiger charge is -2.09. The highest BCUT2D eigenvalue weighted by Gasteiger charge is 2.13. The van der Waals surface area contributed by atoms with Crippen LogP contribution in [0.2, 0.25) is 0 Å². The van der Waals surface area contributed by atoms with E-state index in [1.165, 1.54) is 48.5 Å². The van der Waals surface area contributed by atoms with Crippen LogP contribution < -0.4 is 14.9 Å². The van der Waals surface area contributed by atoms with Gasteiger partial charge in [-0.3, -0.25) is 4.79 Å². The van der Waals surface area contributed by atoms with Crippen molar-refractivity contribution in [1.82, 2.24) is 0 Å². The van der Waals surface area contributed by atoms with Gasteiger partial charge in [0, 0.05) is 6.07 Å². The van der Waals surface area contributed by atoms with E-state index in [1.807, 2.05) is 0 Å². The van der Waals surface area contributed by atoms with Crippen molar-refractivity contribution in [2.75, 3.05) is 6.61 Å². The van der Waals surface area contributed by atoms with Gasteiger partial charge in [-0.2, -0.15) is 0 Å². The Balaban J connectivity index is 1.51. The van der Waals surface area contributed by atoms with Gasteiger partial charge in [-0.25, -0.2) is 13.6 Å². The molecule has 33 heavy (non-hydrogen) atoms. The first-order valence-electron chi connectivity index (χ1n) is 10.0. The minimum Gasteiger partial charge on any atom is -0.489 e. The lowest BCUT2D eigenvalue weighted by Crippen LogP contribution is -2.06. The van der Waals surface area contributed by atoms with E-state index >= 15 is 0 Å². The summed E-state index contributed by atoms with van der Waals surface area (Å²) in [7, 11) is 0. The standard InChI is InChI=1S/C25H18F2O6/c1-2-30-25(29)15-6-8-16(9-7-15)33-23-14-32-22-12-17(10-11-18(22)24(23)28)31-13-19-20(26)4-3-5-21(19)27/h3-12,14H,2,13H2,1H3. The molecule has 0 aliphatic heterocycles. The molecule has 0 bridgehead atoms. The van der Waals surface area contributed by atoms with Gasteiger partial charge in [-0.15, -0.1) is 0 Å². The van der Waals surface area contributed by atoms with Gasteiger partial charge in [-0.1, -0.05) is 6.07 Å². The summed E-state index contributed by atoms with van der Waals surface area (Å²) >= 11 is 0. The van der Waals surface area contributed by atoms with Crippen LogP contribution in [0.4, 0.5) is 8.78 Å². The van der Waals surface area contributed by atoms with Crippen LogP contribution in [0.1, 0.15) is 22.8 Å². The molecule has 0 saturated carbocycles. The maximum atomic E-state index is 13.8. The first-order chi connectivity index (χ1) is 16.0. The van der Waals surface area contributed by atoms with E-state index in [0.29, 0.717) is 11.3 Å². The SMILES string of the molecule is CCOC(=O)c1ccc(Oc2coc3cc(OCc4c(F)cccc4F)ccc3c2=O)cc1. The predicted octanol–water partition coefficient (Wildman–Crippen LogP) is 5.62. The van der Waals surface area contributed by atoms with Gasteiger partial charge in [0.15, 0.2) is 0 Å². The zero-order valence-electron chi connectivity index (χ0n) is 17.5. The van der Waals surface area contributed by atoms with E-state index < -0.39 is 23.0 Å².